The lowest BCUT2D eigenvalue weighted by Crippen LogP contribution is -2.26. The van der Waals surface area contributed by atoms with Crippen molar-refractivity contribution >= 4 is 23.6 Å². The molecule has 2 aromatic carbocycles. The second-order valence-electron chi connectivity index (χ2n) is 5.62. The smallest absolute Gasteiger partial charge is 0.408 e. The second-order valence-corrected chi connectivity index (χ2v) is 6.54. The lowest BCUT2D eigenvalue weighted by Gasteiger charge is -2.09. The van der Waals surface area contributed by atoms with E-state index in [0.717, 1.165) is 17.3 Å². The molecule has 142 valence electrons. The van der Waals surface area contributed by atoms with Gasteiger partial charge in [0.15, 0.2) is 11.5 Å². The molecular formula is C18H14N4O5S. The number of carbonyl (C=O) groups excluding carboxylic acids is 1. The average molecular weight is 398 g/mol. The third-order valence-corrected chi connectivity index (χ3v) is 4.46. The summed E-state index contributed by atoms with van der Waals surface area (Å²) in [6, 6.07) is 14.1. The van der Waals surface area contributed by atoms with Gasteiger partial charge in [0.25, 0.3) is 5.22 Å². The van der Waals surface area contributed by atoms with E-state index in [4.69, 9.17) is 29.8 Å². The number of thioether (sulfide) groups is 1. The number of fused-ring (bicyclic) bond motifs is 1. The lowest BCUT2D eigenvalue weighted by atomic mass is 10.2. The van der Waals surface area contributed by atoms with E-state index in [-0.39, 0.29) is 16.8 Å². The Balaban J connectivity index is 1.30. The summed E-state index contributed by atoms with van der Waals surface area (Å²) in [5.74, 6) is 0.388. The molecule has 0 saturated carbocycles. The lowest BCUT2D eigenvalue weighted by molar-refractivity contribution is -0.191. The van der Waals surface area contributed by atoms with Crippen LogP contribution in [0.4, 0.5) is 0 Å². The predicted octanol–water partition coefficient (Wildman–Crippen LogP) is 2.41. The molecule has 1 aliphatic heterocycles. The largest absolute Gasteiger partial charge is 0.419 e. The predicted molar refractivity (Wildman–Crippen MR) is 99.1 cm³/mol. The number of nitrogens with one attached hydrogen (secondary N) is 1. The molecule has 9 nitrogen and oxygen atoms in total. The van der Waals surface area contributed by atoms with Crippen LogP contribution in [0.2, 0.25) is 0 Å². The van der Waals surface area contributed by atoms with Gasteiger partial charge in [0.2, 0.25) is 5.89 Å². The Bertz CT molecular complexity index is 1020. The van der Waals surface area contributed by atoms with Gasteiger partial charge in [-0.3, -0.25) is 10.2 Å². The molecule has 0 bridgehead atoms. The summed E-state index contributed by atoms with van der Waals surface area (Å²) in [7, 11) is 0. The summed E-state index contributed by atoms with van der Waals surface area (Å²) in [6.45, 7) is -1.20. The van der Waals surface area contributed by atoms with Crippen LogP contribution in [0.5, 0.6) is 11.5 Å². The highest BCUT2D eigenvalue weighted by Gasteiger charge is 2.28. The normalized spacial score (nSPS) is 14.6. The minimum atomic E-state index is -1.20. The van der Waals surface area contributed by atoms with E-state index in [0.29, 0.717) is 23.0 Å². The molecule has 0 amide bonds. The van der Waals surface area contributed by atoms with Crippen molar-refractivity contribution in [2.24, 2.45) is 5.73 Å². The van der Waals surface area contributed by atoms with E-state index in [1.165, 1.54) is 0 Å². The highest BCUT2D eigenvalue weighted by Crippen LogP contribution is 2.35. The minimum absolute atomic E-state index is 0.0608. The van der Waals surface area contributed by atoms with Crippen LogP contribution in [0, 0.1) is 5.41 Å². The van der Waals surface area contributed by atoms with Crippen LogP contribution in [0.3, 0.4) is 0 Å². The van der Waals surface area contributed by atoms with Crippen LogP contribution >= 0.6 is 11.8 Å². The van der Waals surface area contributed by atoms with Crippen molar-refractivity contribution in [3.63, 3.8) is 0 Å². The van der Waals surface area contributed by atoms with E-state index >= 15 is 0 Å². The molecule has 1 atom stereocenters. The van der Waals surface area contributed by atoms with Gasteiger partial charge in [0.1, 0.15) is 11.6 Å². The van der Waals surface area contributed by atoms with Crippen LogP contribution in [0.25, 0.3) is 11.5 Å². The standard InChI is InChI=1S/C18H14N4O5S/c19-15(20)11-6-7-12-13(8-11)25-18(24-12)26-14(23)9-28-17-22-21-16(27-17)10-4-2-1-3-5-10/h1-8,18H,9H2,(H3,19,20). The number of benzene rings is 2. The summed E-state index contributed by atoms with van der Waals surface area (Å²) in [5, 5.41) is 15.5. The molecule has 2 heterocycles. The van der Waals surface area contributed by atoms with Crippen molar-refractivity contribution in [2.45, 2.75) is 11.7 Å². The van der Waals surface area contributed by atoms with Gasteiger partial charge in [-0.25, -0.2) is 0 Å². The number of ether oxygens (including phenoxy) is 3. The van der Waals surface area contributed by atoms with Gasteiger partial charge < -0.3 is 24.4 Å². The van der Waals surface area contributed by atoms with Gasteiger partial charge in [0.05, 0.1) is 0 Å². The monoisotopic (exact) mass is 398 g/mol. The first kappa shape index (κ1) is 17.9. The van der Waals surface area contributed by atoms with E-state index in [9.17, 15) is 4.79 Å². The topological polar surface area (TPSA) is 134 Å². The van der Waals surface area contributed by atoms with Crippen molar-refractivity contribution < 1.29 is 23.4 Å². The van der Waals surface area contributed by atoms with E-state index in [2.05, 4.69) is 10.2 Å². The fraction of sp³-hybridized carbons (Fsp3) is 0.111. The minimum Gasteiger partial charge on any atom is -0.419 e. The number of nitrogens with zero attached hydrogens (tertiary/aromatic N) is 2. The number of amidine groups is 1. The molecule has 28 heavy (non-hydrogen) atoms. The van der Waals surface area contributed by atoms with Crippen molar-refractivity contribution in [1.29, 1.82) is 5.41 Å². The fourth-order valence-corrected chi connectivity index (χ4v) is 2.92. The summed E-state index contributed by atoms with van der Waals surface area (Å²) >= 11 is 1.05. The Morgan fingerprint density at radius 3 is 2.71 bits per heavy atom. The number of carbonyl (C=O) groups is 1. The maximum atomic E-state index is 12.0. The number of rotatable bonds is 6. The number of nitrogens with two attached hydrogens (primary N) is 1. The van der Waals surface area contributed by atoms with Gasteiger partial charge >= 0.3 is 12.4 Å². The number of aromatic nitrogens is 2. The third kappa shape index (κ3) is 3.91. The first-order chi connectivity index (χ1) is 13.6. The molecule has 0 aliphatic carbocycles. The van der Waals surface area contributed by atoms with E-state index in [1.54, 1.807) is 18.2 Å². The Kier molecular flexibility index (Phi) is 4.85. The maximum Gasteiger partial charge on any atom is 0.408 e. The summed E-state index contributed by atoms with van der Waals surface area (Å²) in [6.07, 6.45) is 0. The van der Waals surface area contributed by atoms with Gasteiger partial charge in [0, 0.05) is 11.1 Å². The molecule has 0 saturated heterocycles. The first-order valence-electron chi connectivity index (χ1n) is 8.11. The zero-order valence-electron chi connectivity index (χ0n) is 14.3. The fourth-order valence-electron chi connectivity index (χ4n) is 2.37. The molecule has 0 radical (unpaired) electrons. The Hall–Kier alpha value is -3.53. The average Bonchev–Trinajstić information content (AvgIpc) is 3.33. The molecule has 0 spiro atoms. The highest BCUT2D eigenvalue weighted by atomic mass is 32.2. The zero-order valence-corrected chi connectivity index (χ0v) is 15.1. The van der Waals surface area contributed by atoms with Crippen LogP contribution in [-0.4, -0.2) is 34.2 Å². The van der Waals surface area contributed by atoms with Crippen LogP contribution in [0.1, 0.15) is 5.56 Å². The molecule has 1 aliphatic rings. The van der Waals surface area contributed by atoms with Gasteiger partial charge in [-0.1, -0.05) is 30.0 Å². The zero-order chi connectivity index (χ0) is 19.5. The number of esters is 1. The quantitative estimate of drug-likeness (QED) is 0.278. The number of hydrogen-bond acceptors (Lipinski definition) is 9. The van der Waals surface area contributed by atoms with Gasteiger partial charge in [-0.2, -0.15) is 0 Å². The molecule has 4 rings (SSSR count). The molecule has 3 N–H and O–H groups in total. The van der Waals surface area contributed by atoms with Crippen LogP contribution in [-0.2, 0) is 9.53 Å². The summed E-state index contributed by atoms with van der Waals surface area (Å²) < 4.78 is 21.4. The first-order valence-corrected chi connectivity index (χ1v) is 9.10. The molecule has 0 fully saturated rings. The van der Waals surface area contributed by atoms with Crippen LogP contribution in [0.15, 0.2) is 58.2 Å². The molecular weight excluding hydrogens is 384 g/mol. The third-order valence-electron chi connectivity index (χ3n) is 3.67. The van der Waals surface area contributed by atoms with Crippen molar-refractivity contribution in [3.05, 3.63) is 54.1 Å². The van der Waals surface area contributed by atoms with Crippen molar-refractivity contribution in [1.82, 2.24) is 10.2 Å². The SMILES string of the molecule is N=C(N)c1ccc2c(c1)OC(OC(=O)CSc1nnc(-c3ccccc3)o1)O2. The van der Waals surface area contributed by atoms with E-state index < -0.39 is 12.4 Å². The van der Waals surface area contributed by atoms with Gasteiger partial charge in [-0.05, 0) is 30.3 Å². The second kappa shape index (κ2) is 7.61. The molecule has 1 unspecified atom stereocenters. The van der Waals surface area contributed by atoms with E-state index in [1.807, 2.05) is 30.3 Å². The number of hydrogen-bond donors (Lipinski definition) is 2. The molecule has 1 aromatic heterocycles. The molecule has 3 aromatic rings. The van der Waals surface area contributed by atoms with Crippen LogP contribution < -0.4 is 15.2 Å². The number of nitrogen functional groups attached to an aromatic ring is 1. The van der Waals surface area contributed by atoms with Gasteiger partial charge in [-0.15, -0.1) is 10.2 Å². The Morgan fingerprint density at radius 1 is 1.14 bits per heavy atom. The Morgan fingerprint density at radius 2 is 1.93 bits per heavy atom. The van der Waals surface area contributed by atoms with Crippen molar-refractivity contribution in [2.75, 3.05) is 5.75 Å². The summed E-state index contributed by atoms with van der Waals surface area (Å²) in [5.41, 5.74) is 6.71. The van der Waals surface area contributed by atoms with Crippen molar-refractivity contribution in [3.8, 4) is 23.0 Å². The maximum absolute atomic E-state index is 12.0. The summed E-state index contributed by atoms with van der Waals surface area (Å²) in [4.78, 5) is 12.0. The molecule has 10 heteroatoms. The Labute approximate surface area is 163 Å². The highest BCUT2D eigenvalue weighted by molar-refractivity contribution is 7.99.